The maximum Gasteiger partial charge on any atom is 0.331 e. The predicted octanol–water partition coefficient (Wildman–Crippen LogP) is 2.23. The molecule has 0 aliphatic heterocycles. The van der Waals surface area contributed by atoms with Crippen LogP contribution in [0.2, 0.25) is 0 Å². The lowest BCUT2D eigenvalue weighted by Crippen LogP contribution is -2.61. The summed E-state index contributed by atoms with van der Waals surface area (Å²) < 4.78 is 6.18. The maximum absolute atomic E-state index is 11.9. The second-order valence-electron chi connectivity index (χ2n) is 7.32. The standard InChI is InChI=1S/C20H36N4O4/c1-5-8-9-10-24(20(21)22)16-11-14(19(26)27)12-17(18(16)23-13(4)25)28-15(6-2)7-3/h12,15-18H,5-11H2,1-4H3,(H3,21,22)(H,23,25)(H,26,27)/t16-,17+,18+/m0/s1. The third kappa shape index (κ3) is 6.82. The number of aliphatic carboxylic acids is 1. The fourth-order valence-electron chi connectivity index (χ4n) is 3.64. The summed E-state index contributed by atoms with van der Waals surface area (Å²) in [5.41, 5.74) is 6.08. The first-order valence-electron chi connectivity index (χ1n) is 10.2. The van der Waals surface area contributed by atoms with Crippen LogP contribution in [0.4, 0.5) is 0 Å². The molecule has 0 spiro atoms. The molecule has 1 aliphatic rings. The van der Waals surface area contributed by atoms with Crippen LogP contribution in [0.3, 0.4) is 0 Å². The van der Waals surface area contributed by atoms with Crippen LogP contribution in [-0.2, 0) is 14.3 Å². The zero-order valence-corrected chi connectivity index (χ0v) is 17.5. The molecule has 1 amide bonds. The number of hydrogen-bond acceptors (Lipinski definition) is 4. The Bertz CT molecular complexity index is 575. The Balaban J connectivity index is 3.27. The number of rotatable bonds is 11. The zero-order chi connectivity index (χ0) is 21.3. The molecule has 3 atom stereocenters. The number of carbonyl (C=O) groups excluding carboxylic acids is 1. The lowest BCUT2D eigenvalue weighted by Gasteiger charge is -2.43. The van der Waals surface area contributed by atoms with Crippen LogP contribution in [0.1, 0.15) is 66.2 Å². The van der Waals surface area contributed by atoms with E-state index >= 15 is 0 Å². The van der Waals surface area contributed by atoms with Crippen molar-refractivity contribution in [2.45, 2.75) is 90.5 Å². The van der Waals surface area contributed by atoms with E-state index in [1.165, 1.54) is 6.92 Å². The average Bonchev–Trinajstić information content (AvgIpc) is 2.63. The largest absolute Gasteiger partial charge is 0.478 e. The van der Waals surface area contributed by atoms with Crippen LogP contribution in [0.25, 0.3) is 0 Å². The fraction of sp³-hybridized carbons (Fsp3) is 0.750. The van der Waals surface area contributed by atoms with Crippen molar-refractivity contribution in [3.05, 3.63) is 11.6 Å². The molecule has 0 unspecified atom stereocenters. The van der Waals surface area contributed by atoms with Gasteiger partial charge in [0.15, 0.2) is 5.96 Å². The minimum Gasteiger partial charge on any atom is -0.478 e. The number of nitrogens with one attached hydrogen (secondary N) is 2. The Hall–Kier alpha value is -2.09. The molecule has 0 aromatic rings. The Kier molecular flexibility index (Phi) is 9.99. The number of carboxylic acid groups (broad SMARTS) is 1. The van der Waals surface area contributed by atoms with Crippen LogP contribution in [-0.4, -0.2) is 58.7 Å². The summed E-state index contributed by atoms with van der Waals surface area (Å²) in [6, 6.07) is -0.930. The van der Waals surface area contributed by atoms with Gasteiger partial charge in [0.25, 0.3) is 0 Å². The number of nitrogens with two attached hydrogens (primary N) is 1. The number of hydrogen-bond donors (Lipinski definition) is 4. The van der Waals surface area contributed by atoms with E-state index in [2.05, 4.69) is 12.2 Å². The van der Waals surface area contributed by atoms with Crippen molar-refractivity contribution in [1.82, 2.24) is 10.2 Å². The van der Waals surface area contributed by atoms with E-state index < -0.39 is 24.2 Å². The summed E-state index contributed by atoms with van der Waals surface area (Å²) in [7, 11) is 0. The van der Waals surface area contributed by atoms with Crippen molar-refractivity contribution in [2.75, 3.05) is 6.54 Å². The summed E-state index contributed by atoms with van der Waals surface area (Å²) in [6.07, 6.45) is 5.56. The van der Waals surface area contributed by atoms with Crippen LogP contribution in [0.5, 0.6) is 0 Å². The predicted molar refractivity (Wildman–Crippen MR) is 109 cm³/mol. The van der Waals surface area contributed by atoms with Gasteiger partial charge in [-0.1, -0.05) is 33.6 Å². The van der Waals surface area contributed by atoms with Gasteiger partial charge in [0, 0.05) is 25.5 Å². The molecular formula is C20H36N4O4. The molecule has 0 bridgehead atoms. The summed E-state index contributed by atoms with van der Waals surface area (Å²) in [4.78, 5) is 25.3. The highest BCUT2D eigenvalue weighted by Crippen LogP contribution is 2.28. The van der Waals surface area contributed by atoms with Gasteiger partial charge in [-0.3, -0.25) is 10.2 Å². The van der Waals surface area contributed by atoms with Crippen LogP contribution < -0.4 is 11.1 Å². The van der Waals surface area contributed by atoms with E-state index in [-0.39, 0.29) is 30.0 Å². The lowest BCUT2D eigenvalue weighted by molar-refractivity contribution is -0.133. The second-order valence-corrected chi connectivity index (χ2v) is 7.32. The van der Waals surface area contributed by atoms with Crippen LogP contribution in [0, 0.1) is 5.41 Å². The van der Waals surface area contributed by atoms with E-state index in [9.17, 15) is 14.7 Å². The van der Waals surface area contributed by atoms with E-state index in [0.29, 0.717) is 6.54 Å². The monoisotopic (exact) mass is 396 g/mol. The first-order valence-corrected chi connectivity index (χ1v) is 10.2. The lowest BCUT2D eigenvalue weighted by atomic mass is 9.86. The number of unbranched alkanes of at least 4 members (excludes halogenated alkanes) is 2. The van der Waals surface area contributed by atoms with Crippen molar-refractivity contribution in [3.8, 4) is 0 Å². The van der Waals surface area contributed by atoms with Crippen LogP contribution >= 0.6 is 0 Å². The van der Waals surface area contributed by atoms with E-state index in [4.69, 9.17) is 15.9 Å². The molecule has 8 heteroatoms. The molecule has 0 saturated heterocycles. The minimum atomic E-state index is -1.01. The normalized spacial score (nSPS) is 21.9. The number of guanidine groups is 1. The molecule has 160 valence electrons. The molecule has 28 heavy (non-hydrogen) atoms. The SMILES string of the molecule is CCCCCN(C(=N)N)[C@H]1CC(C(=O)O)=C[C@@H](OC(CC)CC)[C@@H]1NC(C)=O. The summed E-state index contributed by atoms with van der Waals surface area (Å²) in [5, 5.41) is 20.6. The Morgan fingerprint density at radius 3 is 2.46 bits per heavy atom. The fourth-order valence-corrected chi connectivity index (χ4v) is 3.64. The molecule has 1 aliphatic carbocycles. The highest BCUT2D eigenvalue weighted by Gasteiger charge is 2.40. The topological polar surface area (TPSA) is 129 Å². The molecule has 5 N–H and O–H groups in total. The molecule has 0 saturated carbocycles. The van der Waals surface area contributed by atoms with Gasteiger partial charge in [0.05, 0.1) is 24.3 Å². The number of carboxylic acids is 1. The van der Waals surface area contributed by atoms with Gasteiger partial charge in [-0.25, -0.2) is 4.79 Å². The third-order valence-corrected chi connectivity index (χ3v) is 5.18. The third-order valence-electron chi connectivity index (χ3n) is 5.18. The summed E-state index contributed by atoms with van der Waals surface area (Å²) >= 11 is 0. The van der Waals surface area contributed by atoms with Gasteiger partial charge in [0.2, 0.25) is 5.91 Å². The van der Waals surface area contributed by atoms with Gasteiger partial charge in [-0.05, 0) is 25.3 Å². The summed E-state index contributed by atoms with van der Waals surface area (Å²) in [6.45, 7) is 8.07. The molecular weight excluding hydrogens is 360 g/mol. The maximum atomic E-state index is 11.9. The molecule has 0 aromatic heterocycles. The van der Waals surface area contributed by atoms with Gasteiger partial charge < -0.3 is 25.8 Å². The molecule has 0 radical (unpaired) electrons. The van der Waals surface area contributed by atoms with Gasteiger partial charge in [0.1, 0.15) is 0 Å². The Morgan fingerprint density at radius 1 is 1.36 bits per heavy atom. The Morgan fingerprint density at radius 2 is 2.00 bits per heavy atom. The van der Waals surface area contributed by atoms with Crippen molar-refractivity contribution < 1.29 is 19.4 Å². The zero-order valence-electron chi connectivity index (χ0n) is 17.5. The number of ether oxygens (including phenoxy) is 1. The van der Waals surface area contributed by atoms with Crippen LogP contribution in [0.15, 0.2) is 11.6 Å². The van der Waals surface area contributed by atoms with Crippen molar-refractivity contribution >= 4 is 17.8 Å². The van der Waals surface area contributed by atoms with E-state index in [1.54, 1.807) is 11.0 Å². The molecule has 0 aromatic carbocycles. The smallest absolute Gasteiger partial charge is 0.331 e. The first kappa shape index (κ1) is 23.9. The van der Waals surface area contributed by atoms with Crippen molar-refractivity contribution in [1.29, 1.82) is 5.41 Å². The first-order chi connectivity index (χ1) is 13.2. The van der Waals surface area contributed by atoms with Crippen molar-refractivity contribution in [3.63, 3.8) is 0 Å². The molecule has 0 fully saturated rings. The quantitative estimate of drug-likeness (QED) is 0.241. The number of carbonyl (C=O) groups is 2. The highest BCUT2D eigenvalue weighted by molar-refractivity contribution is 5.87. The number of amides is 1. The van der Waals surface area contributed by atoms with Gasteiger partial charge in [-0.15, -0.1) is 0 Å². The van der Waals surface area contributed by atoms with Gasteiger partial charge >= 0.3 is 5.97 Å². The second kappa shape index (κ2) is 11.7. The number of nitrogens with zero attached hydrogens (tertiary/aromatic N) is 1. The average molecular weight is 397 g/mol. The minimum absolute atomic E-state index is 0.0443. The van der Waals surface area contributed by atoms with Gasteiger partial charge in [-0.2, -0.15) is 0 Å². The van der Waals surface area contributed by atoms with E-state index in [1.807, 2.05) is 13.8 Å². The summed E-state index contributed by atoms with van der Waals surface area (Å²) in [5.74, 6) is -1.36. The highest BCUT2D eigenvalue weighted by atomic mass is 16.5. The molecule has 0 heterocycles. The molecule has 8 nitrogen and oxygen atoms in total. The van der Waals surface area contributed by atoms with E-state index in [0.717, 1.165) is 32.1 Å². The van der Waals surface area contributed by atoms with Crippen molar-refractivity contribution in [2.24, 2.45) is 5.73 Å². The molecule has 1 rings (SSSR count). The Labute approximate surface area is 168 Å².